The van der Waals surface area contributed by atoms with E-state index in [2.05, 4.69) is 5.32 Å². The van der Waals surface area contributed by atoms with E-state index in [4.69, 9.17) is 18.9 Å². The third-order valence-corrected chi connectivity index (χ3v) is 4.26. The molecule has 0 aliphatic carbocycles. The van der Waals surface area contributed by atoms with Crippen molar-refractivity contribution in [1.82, 2.24) is 5.32 Å². The van der Waals surface area contributed by atoms with Crippen LogP contribution in [-0.4, -0.2) is 65.3 Å². The van der Waals surface area contributed by atoms with Crippen molar-refractivity contribution in [1.29, 1.82) is 0 Å². The number of amides is 1. The van der Waals surface area contributed by atoms with Crippen molar-refractivity contribution in [3.8, 4) is 0 Å². The molecule has 1 aliphatic rings. The number of ether oxygens (including phenoxy) is 4. The van der Waals surface area contributed by atoms with Gasteiger partial charge in [-0.2, -0.15) is 0 Å². The van der Waals surface area contributed by atoms with Gasteiger partial charge in [0.15, 0.2) is 17.3 Å². The summed E-state index contributed by atoms with van der Waals surface area (Å²) in [6, 6.07) is -1.11. The molecular weight excluding hydrogens is 382 g/mol. The van der Waals surface area contributed by atoms with Gasteiger partial charge in [-0.25, -0.2) is 0 Å². The summed E-state index contributed by atoms with van der Waals surface area (Å²) in [6.45, 7) is 6.01. The monoisotopic (exact) mass is 405 g/mol. The van der Waals surface area contributed by atoms with E-state index in [-0.39, 0.29) is 10.9 Å². The van der Waals surface area contributed by atoms with Gasteiger partial charge in [0.2, 0.25) is 12.2 Å². The van der Waals surface area contributed by atoms with E-state index in [1.54, 1.807) is 0 Å². The van der Waals surface area contributed by atoms with Gasteiger partial charge in [-0.05, 0) is 0 Å². The molecule has 0 aromatic heterocycles. The summed E-state index contributed by atoms with van der Waals surface area (Å²) in [7, 11) is 0. The molecule has 152 valence electrons. The van der Waals surface area contributed by atoms with Gasteiger partial charge in [-0.1, -0.05) is 11.8 Å². The largest absolute Gasteiger partial charge is 0.456 e. The molecule has 11 heteroatoms. The third-order valence-electron chi connectivity index (χ3n) is 3.35. The molecule has 27 heavy (non-hydrogen) atoms. The standard InChI is InChI=1S/C16H23NO9S/c1-7(18)17-13-15(24-9(3)20)14(23-8(2)19)12(6-27-11(5)22)26-16(13)25-10(4)21/h12-16H,6H2,1-5H3,(H,17,18)/t12-,13-,14-,15-,16?/m1/s1. The van der Waals surface area contributed by atoms with Crippen LogP contribution in [0.3, 0.4) is 0 Å². The maximum Gasteiger partial charge on any atom is 0.305 e. The lowest BCUT2D eigenvalue weighted by Crippen LogP contribution is -2.66. The van der Waals surface area contributed by atoms with Gasteiger partial charge in [0.1, 0.15) is 12.1 Å². The lowest BCUT2D eigenvalue weighted by Gasteiger charge is -2.44. The Kier molecular flexibility index (Phi) is 8.70. The molecule has 1 fully saturated rings. The van der Waals surface area contributed by atoms with Crippen LogP contribution in [0.2, 0.25) is 0 Å². The van der Waals surface area contributed by atoms with Crippen molar-refractivity contribution in [2.75, 3.05) is 5.75 Å². The molecule has 1 amide bonds. The quantitative estimate of drug-likeness (QED) is 0.472. The number of carbonyl (C=O) groups excluding carboxylic acids is 5. The Morgan fingerprint density at radius 3 is 1.81 bits per heavy atom. The molecule has 1 rings (SSSR count). The van der Waals surface area contributed by atoms with Crippen LogP contribution in [0.5, 0.6) is 0 Å². The highest BCUT2D eigenvalue weighted by Crippen LogP contribution is 2.29. The fraction of sp³-hybridized carbons (Fsp3) is 0.688. The van der Waals surface area contributed by atoms with E-state index < -0.39 is 54.5 Å². The molecule has 1 N–H and O–H groups in total. The summed E-state index contributed by atoms with van der Waals surface area (Å²) < 4.78 is 21.3. The van der Waals surface area contributed by atoms with Gasteiger partial charge in [-0.15, -0.1) is 0 Å². The maximum absolute atomic E-state index is 11.6. The predicted molar refractivity (Wildman–Crippen MR) is 92.3 cm³/mol. The Bertz CT molecular complexity index is 609. The van der Waals surface area contributed by atoms with E-state index in [0.717, 1.165) is 32.5 Å². The Morgan fingerprint density at radius 2 is 1.37 bits per heavy atom. The SMILES string of the molecule is CC(=O)N[C@H]1C(OC(C)=O)O[C@H](CSC(C)=O)[C@@H](OC(C)=O)[C@@H]1OC(C)=O. The van der Waals surface area contributed by atoms with Crippen LogP contribution >= 0.6 is 11.8 Å². The van der Waals surface area contributed by atoms with Gasteiger partial charge in [-0.3, -0.25) is 24.0 Å². The van der Waals surface area contributed by atoms with E-state index in [0.29, 0.717) is 0 Å². The second kappa shape index (κ2) is 10.3. The lowest BCUT2D eigenvalue weighted by atomic mass is 9.96. The number of rotatable bonds is 6. The molecule has 0 bridgehead atoms. The molecule has 0 spiro atoms. The van der Waals surface area contributed by atoms with Crippen LogP contribution < -0.4 is 5.32 Å². The molecule has 0 aromatic carbocycles. The molecule has 1 aliphatic heterocycles. The Morgan fingerprint density at radius 1 is 0.852 bits per heavy atom. The zero-order valence-corrected chi connectivity index (χ0v) is 16.5. The average molecular weight is 405 g/mol. The van der Waals surface area contributed by atoms with Crippen LogP contribution in [0.4, 0.5) is 0 Å². The number of thioether (sulfide) groups is 1. The molecular formula is C16H23NO9S. The average Bonchev–Trinajstić information content (AvgIpc) is 2.49. The van der Waals surface area contributed by atoms with Crippen molar-refractivity contribution in [3.05, 3.63) is 0 Å². The Labute approximate surface area is 160 Å². The lowest BCUT2D eigenvalue weighted by molar-refractivity contribution is -0.260. The van der Waals surface area contributed by atoms with Crippen LogP contribution in [0.1, 0.15) is 34.6 Å². The van der Waals surface area contributed by atoms with Gasteiger partial charge < -0.3 is 24.3 Å². The van der Waals surface area contributed by atoms with Crippen molar-refractivity contribution >= 4 is 40.7 Å². The van der Waals surface area contributed by atoms with Crippen LogP contribution in [-0.2, 0) is 42.9 Å². The predicted octanol–water partition coefficient (Wildman–Crippen LogP) is -0.0778. The van der Waals surface area contributed by atoms with Crippen LogP contribution in [0.15, 0.2) is 0 Å². The number of carbonyl (C=O) groups is 5. The van der Waals surface area contributed by atoms with Crippen molar-refractivity contribution < 1.29 is 42.9 Å². The minimum Gasteiger partial charge on any atom is -0.456 e. The van der Waals surface area contributed by atoms with E-state index in [1.807, 2.05) is 0 Å². The molecule has 0 saturated carbocycles. The first-order chi connectivity index (χ1) is 12.5. The highest BCUT2D eigenvalue weighted by molar-refractivity contribution is 8.13. The fourth-order valence-corrected chi connectivity index (χ4v) is 3.22. The van der Waals surface area contributed by atoms with E-state index >= 15 is 0 Å². The Balaban J connectivity index is 3.29. The van der Waals surface area contributed by atoms with Gasteiger partial charge >= 0.3 is 17.9 Å². The zero-order chi connectivity index (χ0) is 20.7. The van der Waals surface area contributed by atoms with Crippen molar-refractivity contribution in [2.24, 2.45) is 0 Å². The van der Waals surface area contributed by atoms with Crippen LogP contribution in [0.25, 0.3) is 0 Å². The topological polar surface area (TPSA) is 134 Å². The van der Waals surface area contributed by atoms with Gasteiger partial charge in [0.25, 0.3) is 0 Å². The zero-order valence-electron chi connectivity index (χ0n) is 15.7. The third kappa shape index (κ3) is 7.55. The summed E-state index contributed by atoms with van der Waals surface area (Å²) >= 11 is 0.902. The number of nitrogens with one attached hydrogen (secondary N) is 1. The number of hydrogen-bond donors (Lipinski definition) is 1. The molecule has 5 atom stereocenters. The highest BCUT2D eigenvalue weighted by atomic mass is 32.2. The van der Waals surface area contributed by atoms with Gasteiger partial charge in [0.05, 0.1) is 0 Å². The molecule has 0 radical (unpaired) electrons. The number of esters is 3. The first kappa shape index (κ1) is 22.9. The maximum atomic E-state index is 11.6. The molecule has 0 aromatic rings. The molecule has 1 saturated heterocycles. The molecule has 10 nitrogen and oxygen atoms in total. The summed E-state index contributed by atoms with van der Waals surface area (Å²) in [5, 5.41) is 2.29. The second-order valence-electron chi connectivity index (χ2n) is 5.83. The summed E-state index contributed by atoms with van der Waals surface area (Å²) in [6.07, 6.45) is -4.55. The normalized spacial score (nSPS) is 27.2. The minimum absolute atomic E-state index is 0.0512. The molecule has 1 unspecified atom stereocenters. The van der Waals surface area contributed by atoms with E-state index in [1.165, 1.54) is 13.8 Å². The smallest absolute Gasteiger partial charge is 0.305 e. The van der Waals surface area contributed by atoms with Crippen molar-refractivity contribution in [3.63, 3.8) is 0 Å². The van der Waals surface area contributed by atoms with Crippen molar-refractivity contribution in [2.45, 2.75) is 65.3 Å². The first-order valence-electron chi connectivity index (χ1n) is 8.08. The number of hydrogen-bond acceptors (Lipinski definition) is 10. The first-order valence-corrected chi connectivity index (χ1v) is 9.07. The highest BCUT2D eigenvalue weighted by Gasteiger charge is 2.51. The van der Waals surface area contributed by atoms with E-state index in [9.17, 15) is 24.0 Å². The second-order valence-corrected chi connectivity index (χ2v) is 7.03. The Hall–Kier alpha value is -2.14. The molecule has 1 heterocycles. The van der Waals surface area contributed by atoms with Crippen LogP contribution in [0, 0.1) is 0 Å². The minimum atomic E-state index is -1.31. The summed E-state index contributed by atoms with van der Waals surface area (Å²) in [5.74, 6) is -2.52. The fourth-order valence-electron chi connectivity index (χ4n) is 2.55. The van der Waals surface area contributed by atoms with Gasteiger partial charge in [0, 0.05) is 40.4 Å². The summed E-state index contributed by atoms with van der Waals surface area (Å²) in [4.78, 5) is 57.5. The summed E-state index contributed by atoms with van der Waals surface area (Å²) in [5.41, 5.74) is 0.